The van der Waals surface area contributed by atoms with Gasteiger partial charge in [0.2, 0.25) is 0 Å². The van der Waals surface area contributed by atoms with Crippen molar-refractivity contribution >= 4 is 11.8 Å². The molecule has 0 spiro atoms. The number of esters is 1. The zero-order valence-corrected chi connectivity index (χ0v) is 9.94. The number of aliphatic hydroxyl groups is 1. The van der Waals surface area contributed by atoms with Crippen LogP contribution in [-0.2, 0) is 14.3 Å². The summed E-state index contributed by atoms with van der Waals surface area (Å²) < 4.78 is 4.71. The number of aliphatic hydroxyl groups excluding tert-OH is 1. The van der Waals surface area contributed by atoms with Gasteiger partial charge in [-0.1, -0.05) is 13.8 Å². The van der Waals surface area contributed by atoms with Crippen LogP contribution in [0.25, 0.3) is 0 Å². The van der Waals surface area contributed by atoms with Crippen LogP contribution in [-0.4, -0.2) is 30.1 Å². The van der Waals surface area contributed by atoms with Crippen molar-refractivity contribution in [2.75, 3.05) is 13.2 Å². The van der Waals surface area contributed by atoms with Crippen molar-refractivity contribution in [2.24, 2.45) is 11.8 Å². The first-order valence-electron chi connectivity index (χ1n) is 5.57. The normalized spacial score (nSPS) is 14.2. The van der Waals surface area contributed by atoms with Gasteiger partial charge in [-0.05, 0) is 12.8 Å². The minimum absolute atomic E-state index is 0.0264. The predicted octanol–water partition coefficient (Wildman–Crippen LogP) is 1.24. The summed E-state index contributed by atoms with van der Waals surface area (Å²) in [6.07, 6.45) is 1.22. The highest BCUT2D eigenvalue weighted by molar-refractivity contribution is 5.81. The zero-order valence-electron chi connectivity index (χ0n) is 9.94. The minimum atomic E-state index is -0.353. The van der Waals surface area contributed by atoms with Crippen molar-refractivity contribution in [3.63, 3.8) is 0 Å². The first-order valence-corrected chi connectivity index (χ1v) is 5.57. The van der Waals surface area contributed by atoms with Crippen molar-refractivity contribution in [2.45, 2.75) is 33.1 Å². The van der Waals surface area contributed by atoms with Gasteiger partial charge in [-0.2, -0.15) is 0 Å². The molecule has 0 bridgehead atoms. The third kappa shape index (κ3) is 5.26. The van der Waals surface area contributed by atoms with Crippen LogP contribution < -0.4 is 0 Å². The van der Waals surface area contributed by atoms with E-state index in [9.17, 15) is 9.59 Å². The Morgan fingerprint density at radius 3 is 2.50 bits per heavy atom. The molecule has 0 aromatic rings. The Morgan fingerprint density at radius 2 is 2.06 bits per heavy atom. The molecule has 0 aliphatic carbocycles. The number of rotatable bonds is 8. The van der Waals surface area contributed by atoms with Crippen molar-refractivity contribution in [1.29, 1.82) is 0 Å². The molecule has 0 amide bonds. The Kier molecular flexibility index (Phi) is 7.81. The van der Waals surface area contributed by atoms with E-state index in [1.165, 1.54) is 0 Å². The van der Waals surface area contributed by atoms with Crippen LogP contribution in [0.15, 0.2) is 0 Å². The standard InChI is InChI=1S/C12H20O4/c1-4-10(12(15)16-5-2)8-9(3)11(14)6-7-13/h2,9-10,13H,4-8H2,1,3H3. The van der Waals surface area contributed by atoms with Gasteiger partial charge < -0.3 is 9.84 Å². The maximum atomic E-state index is 11.4. The fourth-order valence-electron chi connectivity index (χ4n) is 1.54. The lowest BCUT2D eigenvalue weighted by Crippen LogP contribution is -2.23. The van der Waals surface area contributed by atoms with Gasteiger partial charge in [0.1, 0.15) is 5.78 Å². The van der Waals surface area contributed by atoms with Gasteiger partial charge in [-0.3, -0.25) is 9.59 Å². The molecule has 1 N–H and O–H groups in total. The summed E-state index contributed by atoms with van der Waals surface area (Å²) >= 11 is 0. The fraction of sp³-hybridized carbons (Fsp3) is 0.750. The second-order valence-electron chi connectivity index (χ2n) is 3.81. The van der Waals surface area contributed by atoms with Crippen LogP contribution in [0, 0.1) is 18.8 Å². The van der Waals surface area contributed by atoms with Crippen LogP contribution in [0.3, 0.4) is 0 Å². The Morgan fingerprint density at radius 1 is 1.44 bits per heavy atom. The largest absolute Gasteiger partial charge is 0.465 e. The molecular formula is C12H20O4. The number of carbonyl (C=O) groups excluding carboxylic acids is 2. The van der Waals surface area contributed by atoms with E-state index in [0.29, 0.717) is 12.8 Å². The van der Waals surface area contributed by atoms with E-state index in [-0.39, 0.29) is 43.2 Å². The molecule has 2 radical (unpaired) electrons. The van der Waals surface area contributed by atoms with E-state index in [4.69, 9.17) is 16.8 Å². The zero-order chi connectivity index (χ0) is 12.6. The molecule has 0 fully saturated rings. The predicted molar refractivity (Wildman–Crippen MR) is 59.5 cm³/mol. The molecule has 0 saturated carbocycles. The van der Waals surface area contributed by atoms with E-state index in [1.807, 2.05) is 6.92 Å². The van der Waals surface area contributed by atoms with Gasteiger partial charge in [0.15, 0.2) is 0 Å². The number of hydrogen-bond donors (Lipinski definition) is 1. The van der Waals surface area contributed by atoms with E-state index in [0.717, 1.165) is 0 Å². The maximum absolute atomic E-state index is 11.4. The second-order valence-corrected chi connectivity index (χ2v) is 3.81. The SMILES string of the molecule is [CH]COC(=O)C(CC)CC(C)C(=O)CCO. The summed E-state index contributed by atoms with van der Waals surface area (Å²) in [6, 6.07) is 0. The molecule has 0 saturated heterocycles. The highest BCUT2D eigenvalue weighted by Gasteiger charge is 2.23. The van der Waals surface area contributed by atoms with Crippen LogP contribution in [0.5, 0.6) is 0 Å². The lowest BCUT2D eigenvalue weighted by molar-refractivity contribution is -0.148. The molecular weight excluding hydrogens is 208 g/mol. The smallest absolute Gasteiger partial charge is 0.308 e. The Balaban J connectivity index is 4.20. The summed E-state index contributed by atoms with van der Waals surface area (Å²) in [5.74, 6) is -0.904. The van der Waals surface area contributed by atoms with Crippen LogP contribution in [0.4, 0.5) is 0 Å². The van der Waals surface area contributed by atoms with Gasteiger partial charge in [-0.25, -0.2) is 0 Å². The number of carbonyl (C=O) groups is 2. The van der Waals surface area contributed by atoms with E-state index in [2.05, 4.69) is 0 Å². The number of hydrogen-bond acceptors (Lipinski definition) is 4. The van der Waals surface area contributed by atoms with Gasteiger partial charge in [-0.15, -0.1) is 0 Å². The summed E-state index contributed by atoms with van der Waals surface area (Å²) in [4.78, 5) is 22.9. The molecule has 16 heavy (non-hydrogen) atoms. The lowest BCUT2D eigenvalue weighted by Gasteiger charge is -2.17. The molecule has 0 aliphatic rings. The maximum Gasteiger partial charge on any atom is 0.308 e. The van der Waals surface area contributed by atoms with Crippen LogP contribution in [0.2, 0.25) is 0 Å². The van der Waals surface area contributed by atoms with Gasteiger partial charge in [0.25, 0.3) is 0 Å². The molecule has 0 aromatic carbocycles. The van der Waals surface area contributed by atoms with E-state index < -0.39 is 0 Å². The van der Waals surface area contributed by atoms with Crippen molar-refractivity contribution in [3.05, 3.63) is 6.92 Å². The quantitative estimate of drug-likeness (QED) is 0.635. The van der Waals surface area contributed by atoms with Crippen molar-refractivity contribution in [1.82, 2.24) is 0 Å². The first-order chi connectivity index (χ1) is 7.56. The number of Topliss-reactive ketones (excluding diaryl/α,β-unsaturated/α-hetero) is 1. The highest BCUT2D eigenvalue weighted by Crippen LogP contribution is 2.18. The Hall–Kier alpha value is -0.900. The summed E-state index contributed by atoms with van der Waals surface area (Å²) in [6.45, 7) is 8.47. The van der Waals surface area contributed by atoms with E-state index in [1.54, 1.807) is 6.92 Å². The molecule has 0 aliphatic heterocycles. The molecule has 2 atom stereocenters. The Bertz CT molecular complexity index is 225. The van der Waals surface area contributed by atoms with Crippen molar-refractivity contribution in [3.8, 4) is 0 Å². The number of ether oxygens (including phenoxy) is 1. The van der Waals surface area contributed by atoms with Crippen LogP contribution in [0.1, 0.15) is 33.1 Å². The molecule has 4 nitrogen and oxygen atoms in total. The molecule has 0 rings (SSSR count). The lowest BCUT2D eigenvalue weighted by atomic mass is 9.90. The van der Waals surface area contributed by atoms with E-state index >= 15 is 0 Å². The Labute approximate surface area is 97.0 Å². The van der Waals surface area contributed by atoms with Gasteiger partial charge in [0, 0.05) is 25.9 Å². The molecule has 4 heteroatoms. The average molecular weight is 228 g/mol. The summed E-state index contributed by atoms with van der Waals surface area (Å²) in [5, 5.41) is 8.64. The molecule has 0 aromatic heterocycles. The topological polar surface area (TPSA) is 63.6 Å². The molecule has 0 heterocycles. The summed E-state index contributed by atoms with van der Waals surface area (Å²) in [5.41, 5.74) is 0. The van der Waals surface area contributed by atoms with Crippen molar-refractivity contribution < 1.29 is 19.4 Å². The molecule has 92 valence electrons. The second kappa shape index (κ2) is 8.28. The third-order valence-corrected chi connectivity index (χ3v) is 2.60. The average Bonchev–Trinajstić information content (AvgIpc) is 2.26. The highest BCUT2D eigenvalue weighted by atomic mass is 16.5. The van der Waals surface area contributed by atoms with Crippen LogP contribution >= 0.6 is 0 Å². The minimum Gasteiger partial charge on any atom is -0.465 e. The summed E-state index contributed by atoms with van der Waals surface area (Å²) in [7, 11) is 0. The van der Waals surface area contributed by atoms with Gasteiger partial charge in [0.05, 0.1) is 12.5 Å². The third-order valence-electron chi connectivity index (χ3n) is 2.60. The monoisotopic (exact) mass is 228 g/mol. The van der Waals surface area contributed by atoms with Gasteiger partial charge >= 0.3 is 5.97 Å². The first kappa shape index (κ1) is 15.1. The fourth-order valence-corrected chi connectivity index (χ4v) is 1.54. The number of ketones is 1. The molecule has 2 unspecified atom stereocenters.